The Morgan fingerprint density at radius 3 is 2.73 bits per heavy atom. The van der Waals surface area contributed by atoms with E-state index in [1.165, 1.54) is 0 Å². The van der Waals surface area contributed by atoms with E-state index in [9.17, 15) is 4.79 Å². The maximum atomic E-state index is 11.4. The van der Waals surface area contributed by atoms with Crippen LogP contribution in [-0.4, -0.2) is 57.2 Å². The predicted molar refractivity (Wildman–Crippen MR) is 60.7 cm³/mol. The fourth-order valence-electron chi connectivity index (χ4n) is 1.32. The molecule has 0 unspecified atom stereocenters. The molecule has 0 aromatic rings. The van der Waals surface area contributed by atoms with Crippen LogP contribution in [0.3, 0.4) is 0 Å². The van der Waals surface area contributed by atoms with E-state index in [4.69, 9.17) is 10.5 Å². The number of hydrogen-bond donors (Lipinski definition) is 2. The number of nitrogens with two attached hydrogens (primary N) is 1. The summed E-state index contributed by atoms with van der Waals surface area (Å²) in [7, 11) is 1.62. The minimum absolute atomic E-state index is 0.0361. The first kappa shape index (κ1) is 14.3. The Labute approximate surface area is 91.9 Å². The second-order valence-electron chi connectivity index (χ2n) is 3.41. The number of rotatable bonds is 9. The molecular weight excluding hydrogens is 194 g/mol. The summed E-state index contributed by atoms with van der Waals surface area (Å²) >= 11 is 0. The largest absolute Gasteiger partial charge is 0.383 e. The zero-order valence-electron chi connectivity index (χ0n) is 9.79. The minimum atomic E-state index is 0.0361. The van der Waals surface area contributed by atoms with Crippen molar-refractivity contribution in [2.45, 2.75) is 13.3 Å². The molecule has 0 aromatic heterocycles. The van der Waals surface area contributed by atoms with Crippen LogP contribution in [0.5, 0.6) is 0 Å². The van der Waals surface area contributed by atoms with Gasteiger partial charge in [-0.3, -0.25) is 9.69 Å². The van der Waals surface area contributed by atoms with Crippen molar-refractivity contribution in [1.82, 2.24) is 10.2 Å². The maximum absolute atomic E-state index is 11.4. The second kappa shape index (κ2) is 9.89. The maximum Gasteiger partial charge on any atom is 0.234 e. The zero-order valence-corrected chi connectivity index (χ0v) is 9.79. The molecular formula is C10H23N3O2. The first-order chi connectivity index (χ1) is 7.24. The average Bonchev–Trinajstić information content (AvgIpc) is 2.19. The lowest BCUT2D eigenvalue weighted by Crippen LogP contribution is -2.40. The lowest BCUT2D eigenvalue weighted by molar-refractivity contribution is -0.122. The van der Waals surface area contributed by atoms with Crippen LogP contribution in [-0.2, 0) is 9.53 Å². The topological polar surface area (TPSA) is 67.6 Å². The van der Waals surface area contributed by atoms with Crippen molar-refractivity contribution < 1.29 is 9.53 Å². The van der Waals surface area contributed by atoms with E-state index in [2.05, 4.69) is 17.1 Å². The van der Waals surface area contributed by atoms with E-state index in [0.717, 1.165) is 19.5 Å². The fourth-order valence-corrected chi connectivity index (χ4v) is 1.32. The van der Waals surface area contributed by atoms with Gasteiger partial charge in [0.05, 0.1) is 13.2 Å². The monoisotopic (exact) mass is 217 g/mol. The van der Waals surface area contributed by atoms with Crippen LogP contribution in [0.15, 0.2) is 0 Å². The average molecular weight is 217 g/mol. The highest BCUT2D eigenvalue weighted by atomic mass is 16.5. The van der Waals surface area contributed by atoms with Crippen molar-refractivity contribution >= 4 is 5.91 Å². The van der Waals surface area contributed by atoms with Crippen molar-refractivity contribution in [1.29, 1.82) is 0 Å². The van der Waals surface area contributed by atoms with Crippen molar-refractivity contribution in [3.8, 4) is 0 Å². The Balaban J connectivity index is 3.67. The lowest BCUT2D eigenvalue weighted by atomic mass is 10.3. The van der Waals surface area contributed by atoms with Gasteiger partial charge in [0.1, 0.15) is 0 Å². The molecule has 0 aromatic carbocycles. The molecule has 0 aliphatic carbocycles. The molecule has 5 heteroatoms. The number of methoxy groups -OCH3 is 1. The van der Waals surface area contributed by atoms with E-state index in [1.54, 1.807) is 7.11 Å². The van der Waals surface area contributed by atoms with E-state index < -0.39 is 0 Å². The number of carbonyl (C=O) groups is 1. The Morgan fingerprint density at radius 1 is 1.47 bits per heavy atom. The smallest absolute Gasteiger partial charge is 0.234 e. The molecule has 0 aliphatic heterocycles. The summed E-state index contributed by atoms with van der Waals surface area (Å²) in [5.74, 6) is 0.0361. The number of nitrogens with one attached hydrogen (secondary N) is 1. The summed E-state index contributed by atoms with van der Waals surface area (Å²) in [5, 5.41) is 2.78. The van der Waals surface area contributed by atoms with Gasteiger partial charge >= 0.3 is 0 Å². The van der Waals surface area contributed by atoms with Gasteiger partial charge in [-0.15, -0.1) is 0 Å². The van der Waals surface area contributed by atoms with Crippen molar-refractivity contribution in [2.24, 2.45) is 5.73 Å². The lowest BCUT2D eigenvalue weighted by Gasteiger charge is -2.19. The standard InChI is InChI=1S/C10H23N3O2/c1-3-6-13(7-4-11)9-10(14)12-5-8-15-2/h3-9,11H2,1-2H3,(H,12,14). The molecule has 0 fully saturated rings. The van der Waals surface area contributed by atoms with Gasteiger partial charge in [0.15, 0.2) is 0 Å². The van der Waals surface area contributed by atoms with Gasteiger partial charge in [0.25, 0.3) is 0 Å². The molecule has 0 aliphatic rings. The Bertz CT molecular complexity index is 159. The van der Waals surface area contributed by atoms with Crippen molar-refractivity contribution in [3.05, 3.63) is 0 Å². The summed E-state index contributed by atoms with van der Waals surface area (Å²) < 4.78 is 4.84. The van der Waals surface area contributed by atoms with Gasteiger partial charge < -0.3 is 15.8 Å². The number of ether oxygens (including phenoxy) is 1. The van der Waals surface area contributed by atoms with E-state index in [-0.39, 0.29) is 5.91 Å². The highest BCUT2D eigenvalue weighted by Crippen LogP contribution is 1.89. The van der Waals surface area contributed by atoms with E-state index >= 15 is 0 Å². The van der Waals surface area contributed by atoms with Gasteiger partial charge in [-0.2, -0.15) is 0 Å². The van der Waals surface area contributed by atoms with Crippen LogP contribution in [0.2, 0.25) is 0 Å². The molecule has 90 valence electrons. The third-order valence-corrected chi connectivity index (χ3v) is 1.98. The van der Waals surface area contributed by atoms with Crippen molar-refractivity contribution in [2.75, 3.05) is 46.4 Å². The summed E-state index contributed by atoms with van der Waals surface area (Å²) in [5.41, 5.74) is 5.46. The quantitative estimate of drug-likeness (QED) is 0.507. The summed E-state index contributed by atoms with van der Waals surface area (Å²) in [6.45, 7) is 5.90. The number of carbonyl (C=O) groups excluding carboxylic acids is 1. The molecule has 0 radical (unpaired) electrons. The second-order valence-corrected chi connectivity index (χ2v) is 3.41. The SMILES string of the molecule is CCCN(CCN)CC(=O)NCCOC. The first-order valence-corrected chi connectivity index (χ1v) is 5.42. The fraction of sp³-hybridized carbons (Fsp3) is 0.900. The van der Waals surface area contributed by atoms with Crippen LogP contribution in [0.1, 0.15) is 13.3 Å². The number of nitrogens with zero attached hydrogens (tertiary/aromatic N) is 1. The highest BCUT2D eigenvalue weighted by molar-refractivity contribution is 5.77. The highest BCUT2D eigenvalue weighted by Gasteiger charge is 2.08. The Morgan fingerprint density at radius 2 is 2.20 bits per heavy atom. The normalized spacial score (nSPS) is 10.7. The molecule has 0 saturated heterocycles. The van der Waals surface area contributed by atoms with Crippen LogP contribution >= 0.6 is 0 Å². The van der Waals surface area contributed by atoms with Gasteiger partial charge in [0, 0.05) is 26.7 Å². The van der Waals surface area contributed by atoms with Gasteiger partial charge in [-0.25, -0.2) is 0 Å². The minimum Gasteiger partial charge on any atom is -0.383 e. The van der Waals surface area contributed by atoms with E-state index in [0.29, 0.717) is 26.2 Å². The van der Waals surface area contributed by atoms with Crippen molar-refractivity contribution in [3.63, 3.8) is 0 Å². The number of hydrogen-bond acceptors (Lipinski definition) is 4. The summed E-state index contributed by atoms with van der Waals surface area (Å²) in [4.78, 5) is 13.5. The first-order valence-electron chi connectivity index (χ1n) is 5.42. The summed E-state index contributed by atoms with van der Waals surface area (Å²) in [6.07, 6.45) is 1.03. The Hall–Kier alpha value is -0.650. The summed E-state index contributed by atoms with van der Waals surface area (Å²) in [6, 6.07) is 0. The van der Waals surface area contributed by atoms with Crippen LogP contribution < -0.4 is 11.1 Å². The molecule has 5 nitrogen and oxygen atoms in total. The molecule has 0 spiro atoms. The molecule has 0 bridgehead atoms. The van der Waals surface area contributed by atoms with Gasteiger partial charge in [-0.05, 0) is 13.0 Å². The molecule has 0 saturated carbocycles. The molecule has 15 heavy (non-hydrogen) atoms. The molecule has 3 N–H and O–H groups in total. The van der Waals surface area contributed by atoms with Crippen LogP contribution in [0, 0.1) is 0 Å². The molecule has 0 heterocycles. The predicted octanol–water partition coefficient (Wildman–Crippen LogP) is -0.580. The molecule has 1 amide bonds. The number of amides is 1. The third kappa shape index (κ3) is 8.35. The van der Waals surface area contributed by atoms with E-state index in [1.807, 2.05) is 0 Å². The van der Waals surface area contributed by atoms with Crippen LogP contribution in [0.4, 0.5) is 0 Å². The van der Waals surface area contributed by atoms with Gasteiger partial charge in [0.2, 0.25) is 5.91 Å². The third-order valence-electron chi connectivity index (χ3n) is 1.98. The van der Waals surface area contributed by atoms with Gasteiger partial charge in [-0.1, -0.05) is 6.92 Å². The van der Waals surface area contributed by atoms with Crippen LogP contribution in [0.25, 0.3) is 0 Å². The Kier molecular flexibility index (Phi) is 9.46. The molecule has 0 rings (SSSR count). The zero-order chi connectivity index (χ0) is 11.5. The molecule has 0 atom stereocenters.